The molecule has 8 heteroatoms. The maximum Gasteiger partial charge on any atom is 0.223 e. The minimum absolute atomic E-state index is 0.0405. The molecule has 3 heterocycles. The number of hydrogen-bond acceptors (Lipinski definition) is 5. The summed E-state index contributed by atoms with van der Waals surface area (Å²) in [5.74, 6) is -0.202. The average Bonchev–Trinajstić information content (AvgIpc) is 3.13. The number of rotatable bonds is 5. The summed E-state index contributed by atoms with van der Waals surface area (Å²) in [6.07, 6.45) is 4.49. The number of nitrogens with one attached hydrogen (secondary N) is 2. The van der Waals surface area contributed by atoms with E-state index in [-0.39, 0.29) is 17.3 Å². The highest BCUT2D eigenvalue weighted by molar-refractivity contribution is 6.33. The molecule has 0 fully saturated rings. The molecular formula is C23H24ClFN6. The lowest BCUT2D eigenvalue weighted by atomic mass is 10.1. The first-order valence-electron chi connectivity index (χ1n) is 10.0. The molecule has 160 valence electrons. The van der Waals surface area contributed by atoms with Crippen LogP contribution < -0.4 is 10.6 Å². The lowest BCUT2D eigenvalue weighted by Gasteiger charge is -2.23. The Morgan fingerprint density at radius 1 is 1.10 bits per heavy atom. The molecule has 2 N–H and O–H groups in total. The molecule has 0 saturated heterocycles. The Kier molecular flexibility index (Phi) is 5.54. The Labute approximate surface area is 185 Å². The summed E-state index contributed by atoms with van der Waals surface area (Å²) in [5, 5.41) is 7.22. The summed E-state index contributed by atoms with van der Waals surface area (Å²) in [6.45, 7) is 8.35. The average molecular weight is 439 g/mol. The number of imidazole rings is 1. The largest absolute Gasteiger partial charge is 0.380 e. The summed E-state index contributed by atoms with van der Waals surface area (Å²) in [5.41, 5.74) is 3.25. The van der Waals surface area contributed by atoms with E-state index in [2.05, 4.69) is 52.4 Å². The van der Waals surface area contributed by atoms with E-state index in [4.69, 9.17) is 11.6 Å². The maximum atomic E-state index is 14.6. The van der Waals surface area contributed by atoms with Crippen LogP contribution in [0.5, 0.6) is 0 Å². The Morgan fingerprint density at radius 3 is 2.68 bits per heavy atom. The molecule has 0 radical (unpaired) electrons. The zero-order valence-electron chi connectivity index (χ0n) is 17.8. The molecule has 0 bridgehead atoms. The van der Waals surface area contributed by atoms with Gasteiger partial charge in [0.15, 0.2) is 11.5 Å². The number of aromatic nitrogens is 4. The number of nitrogens with zero attached hydrogens (tertiary/aromatic N) is 4. The maximum absolute atomic E-state index is 14.6. The Balaban J connectivity index is 1.62. The van der Waals surface area contributed by atoms with Crippen molar-refractivity contribution in [3.05, 3.63) is 71.4 Å². The van der Waals surface area contributed by atoms with Crippen molar-refractivity contribution in [2.24, 2.45) is 0 Å². The Bertz CT molecular complexity index is 1230. The van der Waals surface area contributed by atoms with Gasteiger partial charge >= 0.3 is 0 Å². The number of anilines is 2. The molecule has 0 aliphatic carbocycles. The van der Waals surface area contributed by atoms with Crippen molar-refractivity contribution in [3.63, 3.8) is 0 Å². The van der Waals surface area contributed by atoms with Crippen molar-refractivity contribution >= 4 is 28.9 Å². The first kappa shape index (κ1) is 21.1. The summed E-state index contributed by atoms with van der Waals surface area (Å²) in [4.78, 5) is 12.8. The summed E-state index contributed by atoms with van der Waals surface area (Å²) in [6, 6.07) is 11.6. The lowest BCUT2D eigenvalue weighted by molar-refractivity contribution is 0.617. The van der Waals surface area contributed by atoms with Gasteiger partial charge in [-0.15, -0.1) is 0 Å². The van der Waals surface area contributed by atoms with Gasteiger partial charge in [0.2, 0.25) is 5.95 Å². The van der Waals surface area contributed by atoms with Crippen LogP contribution in [0.1, 0.15) is 39.3 Å². The van der Waals surface area contributed by atoms with Gasteiger partial charge in [0.1, 0.15) is 5.69 Å². The van der Waals surface area contributed by atoms with Crippen molar-refractivity contribution in [2.45, 2.75) is 39.3 Å². The molecule has 1 aromatic carbocycles. The van der Waals surface area contributed by atoms with Gasteiger partial charge in [-0.3, -0.25) is 4.40 Å². The number of pyridine rings is 1. The molecule has 4 rings (SSSR count). The van der Waals surface area contributed by atoms with E-state index >= 15 is 0 Å². The zero-order valence-corrected chi connectivity index (χ0v) is 18.6. The summed E-state index contributed by atoms with van der Waals surface area (Å²) < 4.78 is 16.3. The molecular weight excluding hydrogens is 415 g/mol. The molecule has 4 aromatic rings. The molecule has 0 spiro atoms. The highest BCUT2D eigenvalue weighted by Gasteiger charge is 2.17. The van der Waals surface area contributed by atoms with Gasteiger partial charge in [-0.05, 0) is 57.5 Å². The normalized spacial score (nSPS) is 12.7. The number of halogens is 2. The monoisotopic (exact) mass is 438 g/mol. The fourth-order valence-corrected chi connectivity index (χ4v) is 3.58. The van der Waals surface area contributed by atoms with Gasteiger partial charge in [-0.1, -0.05) is 23.7 Å². The van der Waals surface area contributed by atoms with Crippen LogP contribution in [-0.4, -0.2) is 24.9 Å². The van der Waals surface area contributed by atoms with Crippen molar-refractivity contribution in [3.8, 4) is 11.4 Å². The molecule has 3 aromatic heterocycles. The van der Waals surface area contributed by atoms with E-state index in [0.29, 0.717) is 22.3 Å². The van der Waals surface area contributed by atoms with Crippen LogP contribution in [0.3, 0.4) is 0 Å². The summed E-state index contributed by atoms with van der Waals surface area (Å²) >= 11 is 6.19. The smallest absolute Gasteiger partial charge is 0.223 e. The predicted octanol–water partition coefficient (Wildman–Crippen LogP) is 5.97. The predicted molar refractivity (Wildman–Crippen MR) is 123 cm³/mol. The second-order valence-corrected chi connectivity index (χ2v) is 8.86. The van der Waals surface area contributed by atoms with Crippen LogP contribution in [0.2, 0.25) is 5.02 Å². The number of fused-ring (bicyclic) bond motifs is 1. The van der Waals surface area contributed by atoms with Gasteiger partial charge in [-0.2, -0.15) is 0 Å². The van der Waals surface area contributed by atoms with Crippen molar-refractivity contribution < 1.29 is 4.39 Å². The fraction of sp³-hybridized carbons (Fsp3) is 0.261. The second kappa shape index (κ2) is 8.15. The molecule has 0 aliphatic rings. The van der Waals surface area contributed by atoms with Crippen molar-refractivity contribution in [1.82, 2.24) is 19.4 Å². The van der Waals surface area contributed by atoms with Gasteiger partial charge in [0, 0.05) is 17.4 Å². The second-order valence-electron chi connectivity index (χ2n) is 8.45. The molecule has 0 amide bonds. The van der Waals surface area contributed by atoms with Crippen molar-refractivity contribution in [2.75, 3.05) is 10.6 Å². The minimum Gasteiger partial charge on any atom is -0.380 e. The molecule has 6 nitrogen and oxygen atoms in total. The third kappa shape index (κ3) is 4.61. The minimum atomic E-state index is -0.531. The van der Waals surface area contributed by atoms with Gasteiger partial charge in [0.05, 0.1) is 29.2 Å². The van der Waals surface area contributed by atoms with Crippen LogP contribution in [0.25, 0.3) is 17.0 Å². The quantitative estimate of drug-likeness (QED) is 0.402. The standard InChI is InChI=1S/C23H24ClFN6/c1-14(15-7-5-8-16(11-15)30-23(2,3)4)28-22-27-12-18(25)20(29-22)19-13-26-21-17(24)9-6-10-31(19)21/h5-14,30H,1-4H3,(H,27,28,29)/t14-/m0/s1. The van der Waals surface area contributed by atoms with Crippen LogP contribution in [0.4, 0.5) is 16.0 Å². The highest BCUT2D eigenvalue weighted by Crippen LogP contribution is 2.27. The SMILES string of the molecule is C[C@H](Nc1ncc(F)c(-c2cnc3c(Cl)cccn23)n1)c1cccc(NC(C)(C)C)c1. The fourth-order valence-electron chi connectivity index (χ4n) is 3.36. The van der Waals surface area contributed by atoms with Crippen LogP contribution in [0.15, 0.2) is 55.0 Å². The van der Waals surface area contributed by atoms with E-state index < -0.39 is 5.82 Å². The van der Waals surface area contributed by atoms with Crippen LogP contribution in [0, 0.1) is 5.82 Å². The zero-order chi connectivity index (χ0) is 22.2. The Morgan fingerprint density at radius 2 is 1.90 bits per heavy atom. The lowest BCUT2D eigenvalue weighted by Crippen LogP contribution is -2.26. The van der Waals surface area contributed by atoms with E-state index in [9.17, 15) is 4.39 Å². The van der Waals surface area contributed by atoms with Crippen molar-refractivity contribution in [1.29, 1.82) is 0 Å². The van der Waals surface area contributed by atoms with Crippen LogP contribution in [-0.2, 0) is 0 Å². The highest BCUT2D eigenvalue weighted by atomic mass is 35.5. The molecule has 1 atom stereocenters. The molecule has 0 saturated carbocycles. The summed E-state index contributed by atoms with van der Waals surface area (Å²) in [7, 11) is 0. The van der Waals surface area contributed by atoms with E-state index in [1.807, 2.05) is 25.1 Å². The molecule has 0 unspecified atom stereocenters. The molecule has 31 heavy (non-hydrogen) atoms. The van der Waals surface area contributed by atoms with E-state index in [1.54, 1.807) is 28.9 Å². The van der Waals surface area contributed by atoms with E-state index in [1.165, 1.54) is 6.20 Å². The third-order valence-corrected chi connectivity index (χ3v) is 5.02. The van der Waals surface area contributed by atoms with Gasteiger partial charge < -0.3 is 10.6 Å². The Hall–Kier alpha value is -3.19. The van der Waals surface area contributed by atoms with Crippen LogP contribution >= 0.6 is 11.6 Å². The first-order chi connectivity index (χ1) is 14.7. The topological polar surface area (TPSA) is 67.1 Å². The third-order valence-electron chi connectivity index (χ3n) is 4.73. The number of benzene rings is 1. The van der Waals surface area contributed by atoms with E-state index in [0.717, 1.165) is 11.3 Å². The number of hydrogen-bond donors (Lipinski definition) is 2. The van der Waals surface area contributed by atoms with Gasteiger partial charge in [0.25, 0.3) is 0 Å². The molecule has 0 aliphatic heterocycles. The van der Waals surface area contributed by atoms with Gasteiger partial charge in [-0.25, -0.2) is 19.3 Å². The first-order valence-corrected chi connectivity index (χ1v) is 10.4.